The van der Waals surface area contributed by atoms with Gasteiger partial charge in [0.15, 0.2) is 0 Å². The second kappa shape index (κ2) is 6.55. The van der Waals surface area contributed by atoms with Crippen LogP contribution in [-0.2, 0) is 13.5 Å². The molecular weight excluding hydrogens is 278 g/mol. The highest BCUT2D eigenvalue weighted by Gasteiger charge is 2.21. The molecule has 0 aromatic carbocycles. The van der Waals surface area contributed by atoms with Crippen LogP contribution < -0.4 is 0 Å². The van der Waals surface area contributed by atoms with Gasteiger partial charge in [-0.05, 0) is 37.8 Å². The number of rotatable bonds is 5. The smallest absolute Gasteiger partial charge is 0.0522 e. The number of halogens is 1. The van der Waals surface area contributed by atoms with E-state index in [4.69, 9.17) is 0 Å². The van der Waals surface area contributed by atoms with E-state index < -0.39 is 0 Å². The van der Waals surface area contributed by atoms with Crippen molar-refractivity contribution in [2.75, 3.05) is 18.4 Å². The van der Waals surface area contributed by atoms with Gasteiger partial charge in [-0.25, -0.2) is 0 Å². The van der Waals surface area contributed by atoms with E-state index in [1.807, 2.05) is 17.9 Å². The summed E-state index contributed by atoms with van der Waals surface area (Å²) in [6, 6.07) is 0.791. The molecule has 0 N–H and O–H groups in total. The average Bonchev–Trinajstić information content (AvgIpc) is 2.74. The van der Waals surface area contributed by atoms with Crippen molar-refractivity contribution in [2.45, 2.75) is 38.1 Å². The molecule has 1 fully saturated rings. The van der Waals surface area contributed by atoms with Crippen molar-refractivity contribution in [3.05, 3.63) is 18.0 Å². The van der Waals surface area contributed by atoms with Gasteiger partial charge in [0.2, 0.25) is 0 Å². The van der Waals surface area contributed by atoms with Gasteiger partial charge in [0.25, 0.3) is 0 Å². The average molecular weight is 300 g/mol. The molecule has 96 valence electrons. The minimum atomic E-state index is 0.791. The second-order valence-corrected chi connectivity index (χ2v) is 5.73. The molecule has 0 radical (unpaired) electrons. The number of piperidine rings is 1. The highest BCUT2D eigenvalue weighted by Crippen LogP contribution is 2.20. The van der Waals surface area contributed by atoms with Crippen molar-refractivity contribution >= 4 is 15.9 Å². The van der Waals surface area contributed by atoms with E-state index in [1.54, 1.807) is 0 Å². The van der Waals surface area contributed by atoms with Gasteiger partial charge in [-0.2, -0.15) is 5.10 Å². The first-order valence-electron chi connectivity index (χ1n) is 6.57. The molecule has 2 heterocycles. The Hall–Kier alpha value is -0.350. The maximum absolute atomic E-state index is 4.23. The van der Waals surface area contributed by atoms with Crippen LogP contribution >= 0.6 is 15.9 Å². The number of alkyl halides is 1. The fourth-order valence-corrected chi connectivity index (χ4v) is 3.21. The first-order valence-corrected chi connectivity index (χ1v) is 7.69. The molecule has 3 nitrogen and oxygen atoms in total. The van der Waals surface area contributed by atoms with E-state index in [1.165, 1.54) is 44.3 Å². The lowest BCUT2D eigenvalue weighted by molar-refractivity contribution is 0.147. The number of likely N-dealkylation sites (tertiary alicyclic amines) is 1. The summed E-state index contributed by atoms with van der Waals surface area (Å²) in [7, 11) is 1.98. The molecule has 0 bridgehead atoms. The van der Waals surface area contributed by atoms with Crippen molar-refractivity contribution in [2.24, 2.45) is 7.05 Å². The summed E-state index contributed by atoms with van der Waals surface area (Å²) in [6.07, 6.45) is 10.7. The second-order valence-electron chi connectivity index (χ2n) is 4.94. The van der Waals surface area contributed by atoms with Crippen LogP contribution in [0.3, 0.4) is 0 Å². The number of aryl methyl sites for hydroxylation is 1. The molecule has 0 spiro atoms. The van der Waals surface area contributed by atoms with Crippen LogP contribution in [0.4, 0.5) is 0 Å². The van der Waals surface area contributed by atoms with E-state index >= 15 is 0 Å². The van der Waals surface area contributed by atoms with Crippen molar-refractivity contribution in [1.29, 1.82) is 0 Å². The Morgan fingerprint density at radius 1 is 1.47 bits per heavy atom. The lowest BCUT2D eigenvalue weighted by atomic mass is 9.99. The van der Waals surface area contributed by atoms with E-state index in [0.717, 1.165) is 17.8 Å². The lowest BCUT2D eigenvalue weighted by Gasteiger charge is -2.35. The molecule has 2 rings (SSSR count). The van der Waals surface area contributed by atoms with Gasteiger partial charge in [-0.3, -0.25) is 4.68 Å². The normalized spacial score (nSPS) is 21.9. The quantitative estimate of drug-likeness (QED) is 0.779. The largest absolute Gasteiger partial charge is 0.300 e. The third-order valence-electron chi connectivity index (χ3n) is 3.64. The Balaban J connectivity index is 1.83. The number of hydrogen-bond donors (Lipinski definition) is 0. The van der Waals surface area contributed by atoms with Crippen LogP contribution in [0.15, 0.2) is 12.4 Å². The van der Waals surface area contributed by atoms with Gasteiger partial charge in [0.05, 0.1) is 6.20 Å². The molecule has 17 heavy (non-hydrogen) atoms. The Bertz CT molecular complexity index is 335. The molecule has 0 amide bonds. The molecule has 1 aliphatic rings. The molecule has 4 heteroatoms. The predicted octanol–water partition coefficient (Wildman–Crippen LogP) is 2.60. The third kappa shape index (κ3) is 3.81. The summed E-state index contributed by atoms with van der Waals surface area (Å²) in [5.74, 6) is 0. The van der Waals surface area contributed by atoms with Crippen LogP contribution in [0.1, 0.15) is 31.2 Å². The molecule has 1 atom stereocenters. The topological polar surface area (TPSA) is 21.1 Å². The van der Waals surface area contributed by atoms with Gasteiger partial charge in [-0.15, -0.1) is 0 Å². The van der Waals surface area contributed by atoms with Crippen LogP contribution in [0, 0.1) is 0 Å². The van der Waals surface area contributed by atoms with E-state index in [-0.39, 0.29) is 0 Å². The molecule has 1 unspecified atom stereocenters. The summed E-state index contributed by atoms with van der Waals surface area (Å²) in [5.41, 5.74) is 1.36. The van der Waals surface area contributed by atoms with Crippen LogP contribution in [0.5, 0.6) is 0 Å². The SMILES string of the molecule is Cn1cc(CCN2CCCCC2CCBr)cn1. The van der Waals surface area contributed by atoms with Gasteiger partial charge >= 0.3 is 0 Å². The minimum Gasteiger partial charge on any atom is -0.300 e. The first-order chi connectivity index (χ1) is 8.29. The Kier molecular flexibility index (Phi) is 5.04. The van der Waals surface area contributed by atoms with Crippen molar-refractivity contribution in [3.63, 3.8) is 0 Å². The van der Waals surface area contributed by atoms with Crippen LogP contribution in [-0.4, -0.2) is 39.1 Å². The van der Waals surface area contributed by atoms with Gasteiger partial charge in [-0.1, -0.05) is 22.4 Å². The summed E-state index contributed by atoms with van der Waals surface area (Å²) >= 11 is 3.57. The first kappa shape index (κ1) is 13.1. The summed E-state index contributed by atoms with van der Waals surface area (Å²) in [4.78, 5) is 2.66. The lowest BCUT2D eigenvalue weighted by Crippen LogP contribution is -2.40. The summed E-state index contributed by atoms with van der Waals surface area (Å²) in [5, 5.41) is 5.35. The van der Waals surface area contributed by atoms with E-state index in [0.29, 0.717) is 0 Å². The van der Waals surface area contributed by atoms with Crippen molar-refractivity contribution in [3.8, 4) is 0 Å². The maximum atomic E-state index is 4.23. The molecule has 1 aliphatic heterocycles. The third-order valence-corrected chi connectivity index (χ3v) is 4.10. The van der Waals surface area contributed by atoms with Crippen molar-refractivity contribution in [1.82, 2.24) is 14.7 Å². The van der Waals surface area contributed by atoms with E-state index in [9.17, 15) is 0 Å². The van der Waals surface area contributed by atoms with Gasteiger partial charge in [0, 0.05) is 31.2 Å². The predicted molar refractivity (Wildman–Crippen MR) is 74.5 cm³/mol. The maximum Gasteiger partial charge on any atom is 0.0522 e. The monoisotopic (exact) mass is 299 g/mol. The zero-order chi connectivity index (χ0) is 12.1. The zero-order valence-corrected chi connectivity index (χ0v) is 12.2. The molecule has 0 aliphatic carbocycles. The molecule has 0 saturated carbocycles. The number of hydrogen-bond acceptors (Lipinski definition) is 2. The number of nitrogens with zero attached hydrogens (tertiary/aromatic N) is 3. The fraction of sp³-hybridized carbons (Fsp3) is 0.769. The summed E-state index contributed by atoms with van der Waals surface area (Å²) in [6.45, 7) is 2.46. The highest BCUT2D eigenvalue weighted by molar-refractivity contribution is 9.09. The van der Waals surface area contributed by atoms with Crippen molar-refractivity contribution < 1.29 is 0 Å². The summed E-state index contributed by atoms with van der Waals surface area (Å²) < 4.78 is 1.89. The molecule has 1 aromatic heterocycles. The van der Waals surface area contributed by atoms with Crippen LogP contribution in [0.25, 0.3) is 0 Å². The minimum absolute atomic E-state index is 0.791. The molecule has 1 saturated heterocycles. The zero-order valence-electron chi connectivity index (χ0n) is 10.6. The Morgan fingerprint density at radius 3 is 3.06 bits per heavy atom. The van der Waals surface area contributed by atoms with Crippen LogP contribution in [0.2, 0.25) is 0 Å². The molecular formula is C13H22BrN3. The van der Waals surface area contributed by atoms with E-state index in [2.05, 4.69) is 32.1 Å². The molecule has 1 aromatic rings. The Labute approximate surface area is 112 Å². The Morgan fingerprint density at radius 2 is 2.35 bits per heavy atom. The fourth-order valence-electron chi connectivity index (χ4n) is 2.68. The number of aromatic nitrogens is 2. The van der Waals surface area contributed by atoms with Gasteiger partial charge in [0.1, 0.15) is 0 Å². The van der Waals surface area contributed by atoms with Gasteiger partial charge < -0.3 is 4.90 Å². The highest BCUT2D eigenvalue weighted by atomic mass is 79.9. The standard InChI is InChI=1S/C13H22BrN3/c1-16-11-12(10-15-16)6-9-17-8-3-2-4-13(17)5-7-14/h10-11,13H,2-9H2,1H3.